The van der Waals surface area contributed by atoms with Gasteiger partial charge in [-0.05, 0) is 11.1 Å². The summed E-state index contributed by atoms with van der Waals surface area (Å²) in [4.78, 5) is 17.6. The van der Waals surface area contributed by atoms with Crippen LogP contribution in [0, 0.1) is 0 Å². The third kappa shape index (κ3) is 2.88. The molecule has 0 aliphatic carbocycles. The van der Waals surface area contributed by atoms with E-state index >= 15 is 0 Å². The molecule has 6 heteroatoms. The van der Waals surface area contributed by atoms with Gasteiger partial charge in [0.15, 0.2) is 5.82 Å². The van der Waals surface area contributed by atoms with Gasteiger partial charge in [-0.2, -0.15) is 0 Å². The number of hydrogen-bond acceptors (Lipinski definition) is 4. The van der Waals surface area contributed by atoms with Crippen molar-refractivity contribution in [1.29, 1.82) is 0 Å². The highest BCUT2D eigenvalue weighted by Crippen LogP contribution is 2.13. The predicted octanol–water partition coefficient (Wildman–Crippen LogP) is 1.53. The first-order chi connectivity index (χ1) is 8.70. The summed E-state index contributed by atoms with van der Waals surface area (Å²) in [5.74, 6) is 0.353. The summed E-state index contributed by atoms with van der Waals surface area (Å²) in [5.41, 5.74) is 1.49. The fourth-order valence-corrected chi connectivity index (χ4v) is 1.62. The van der Waals surface area contributed by atoms with E-state index in [1.54, 1.807) is 0 Å². The number of halogens is 1. The number of aromatic nitrogens is 2. The summed E-state index contributed by atoms with van der Waals surface area (Å²) in [6.45, 7) is 0.525. The van der Waals surface area contributed by atoms with Crippen LogP contribution in [0.5, 0.6) is 0 Å². The number of nitrogens with one attached hydrogen (secondary N) is 2. The number of nitrogens with zero attached hydrogens (tertiary/aromatic N) is 1. The average Bonchev–Trinajstić information content (AvgIpc) is 2.41. The van der Waals surface area contributed by atoms with Crippen molar-refractivity contribution in [3.8, 4) is 0 Å². The number of anilines is 1. The van der Waals surface area contributed by atoms with Crippen LogP contribution in [0.1, 0.15) is 11.1 Å². The second kappa shape index (κ2) is 5.66. The Bertz CT molecular complexity index is 581. The Kier molecular flexibility index (Phi) is 3.96. The van der Waals surface area contributed by atoms with Gasteiger partial charge in [0, 0.05) is 6.54 Å². The summed E-state index contributed by atoms with van der Waals surface area (Å²) in [5, 5.41) is 11.9. The molecule has 5 nitrogen and oxygen atoms in total. The van der Waals surface area contributed by atoms with Gasteiger partial charge in [-0.25, -0.2) is 4.98 Å². The lowest BCUT2D eigenvalue weighted by Crippen LogP contribution is -2.11. The van der Waals surface area contributed by atoms with Crippen LogP contribution < -0.4 is 10.9 Å². The number of H-pyrrole nitrogens is 1. The van der Waals surface area contributed by atoms with E-state index in [0.29, 0.717) is 12.4 Å². The summed E-state index contributed by atoms with van der Waals surface area (Å²) in [6, 6.07) is 7.45. The molecular weight excluding hydrogens is 254 g/mol. The molecule has 2 aromatic rings. The molecule has 0 aliphatic rings. The molecular formula is C12H12ClN3O2. The summed E-state index contributed by atoms with van der Waals surface area (Å²) < 4.78 is 0. The monoisotopic (exact) mass is 265 g/mol. The zero-order valence-electron chi connectivity index (χ0n) is 9.48. The van der Waals surface area contributed by atoms with Gasteiger partial charge in [0.2, 0.25) is 0 Å². The summed E-state index contributed by atoms with van der Waals surface area (Å²) in [7, 11) is 0. The van der Waals surface area contributed by atoms with E-state index in [0.717, 1.165) is 11.1 Å². The average molecular weight is 266 g/mol. The van der Waals surface area contributed by atoms with E-state index < -0.39 is 0 Å². The molecule has 0 bridgehead atoms. The third-order valence-electron chi connectivity index (χ3n) is 2.46. The van der Waals surface area contributed by atoms with Crippen LogP contribution in [0.4, 0.5) is 5.82 Å². The molecule has 0 fully saturated rings. The molecule has 18 heavy (non-hydrogen) atoms. The Labute approximate surface area is 108 Å². The fourth-order valence-electron chi connectivity index (χ4n) is 1.45. The molecule has 1 heterocycles. The van der Waals surface area contributed by atoms with Crippen molar-refractivity contribution in [1.82, 2.24) is 9.97 Å². The molecule has 0 radical (unpaired) electrons. The van der Waals surface area contributed by atoms with E-state index in [2.05, 4.69) is 15.3 Å². The SMILES string of the molecule is O=c1[nH]cnc(NCc2ccc(CO)cc2)c1Cl. The van der Waals surface area contributed by atoms with Gasteiger partial charge in [0.25, 0.3) is 5.56 Å². The van der Waals surface area contributed by atoms with Crippen molar-refractivity contribution in [3.05, 3.63) is 57.1 Å². The third-order valence-corrected chi connectivity index (χ3v) is 2.81. The Morgan fingerprint density at radius 1 is 1.28 bits per heavy atom. The molecule has 0 saturated carbocycles. The largest absolute Gasteiger partial charge is 0.392 e. The highest BCUT2D eigenvalue weighted by atomic mass is 35.5. The first-order valence-electron chi connectivity index (χ1n) is 5.36. The van der Waals surface area contributed by atoms with Crippen LogP contribution in [-0.2, 0) is 13.2 Å². The minimum atomic E-state index is -0.371. The van der Waals surface area contributed by atoms with E-state index in [1.807, 2.05) is 24.3 Å². The van der Waals surface area contributed by atoms with Crippen LogP contribution in [0.25, 0.3) is 0 Å². The van der Waals surface area contributed by atoms with Crippen molar-refractivity contribution in [2.45, 2.75) is 13.2 Å². The Balaban J connectivity index is 2.06. The number of aromatic amines is 1. The predicted molar refractivity (Wildman–Crippen MR) is 69.6 cm³/mol. The van der Waals surface area contributed by atoms with Gasteiger partial charge >= 0.3 is 0 Å². The molecule has 3 N–H and O–H groups in total. The molecule has 94 valence electrons. The zero-order valence-corrected chi connectivity index (χ0v) is 10.2. The second-order valence-corrected chi connectivity index (χ2v) is 4.10. The molecule has 0 unspecified atom stereocenters. The van der Waals surface area contributed by atoms with Crippen molar-refractivity contribution in [3.63, 3.8) is 0 Å². The van der Waals surface area contributed by atoms with Crippen LogP contribution >= 0.6 is 11.6 Å². The Hall–Kier alpha value is -1.85. The van der Waals surface area contributed by atoms with Crippen LogP contribution in [0.3, 0.4) is 0 Å². The van der Waals surface area contributed by atoms with Gasteiger partial charge in [-0.1, -0.05) is 35.9 Å². The molecule has 1 aromatic carbocycles. The Morgan fingerprint density at radius 2 is 1.94 bits per heavy atom. The van der Waals surface area contributed by atoms with Crippen molar-refractivity contribution in [2.75, 3.05) is 5.32 Å². The topological polar surface area (TPSA) is 78.0 Å². The van der Waals surface area contributed by atoms with Crippen LogP contribution in [0.15, 0.2) is 35.4 Å². The number of hydrogen-bond donors (Lipinski definition) is 3. The lowest BCUT2D eigenvalue weighted by molar-refractivity contribution is 0.282. The van der Waals surface area contributed by atoms with Crippen molar-refractivity contribution < 1.29 is 5.11 Å². The van der Waals surface area contributed by atoms with E-state index in [1.165, 1.54) is 6.33 Å². The lowest BCUT2D eigenvalue weighted by atomic mass is 10.1. The van der Waals surface area contributed by atoms with Gasteiger partial charge in [0.05, 0.1) is 12.9 Å². The first kappa shape index (κ1) is 12.6. The van der Waals surface area contributed by atoms with Gasteiger partial charge in [0.1, 0.15) is 5.02 Å². The number of aliphatic hydroxyl groups is 1. The normalized spacial score (nSPS) is 10.3. The van der Waals surface area contributed by atoms with E-state index in [4.69, 9.17) is 16.7 Å². The number of rotatable bonds is 4. The van der Waals surface area contributed by atoms with E-state index in [9.17, 15) is 4.79 Å². The Morgan fingerprint density at radius 3 is 2.61 bits per heavy atom. The maximum absolute atomic E-state index is 11.2. The van der Waals surface area contributed by atoms with Crippen LogP contribution in [-0.4, -0.2) is 15.1 Å². The maximum atomic E-state index is 11.2. The molecule has 0 saturated heterocycles. The first-order valence-corrected chi connectivity index (χ1v) is 5.74. The van der Waals surface area contributed by atoms with Gasteiger partial charge in [-0.15, -0.1) is 0 Å². The minimum Gasteiger partial charge on any atom is -0.392 e. The summed E-state index contributed by atoms with van der Waals surface area (Å²) in [6.07, 6.45) is 1.30. The zero-order chi connectivity index (χ0) is 13.0. The highest BCUT2D eigenvalue weighted by Gasteiger charge is 2.04. The quantitative estimate of drug-likeness (QED) is 0.783. The smallest absolute Gasteiger partial charge is 0.271 e. The molecule has 0 aliphatic heterocycles. The van der Waals surface area contributed by atoms with Crippen LogP contribution in [0.2, 0.25) is 5.02 Å². The minimum absolute atomic E-state index is 0.0230. The number of benzene rings is 1. The second-order valence-electron chi connectivity index (χ2n) is 3.72. The molecule has 0 atom stereocenters. The van der Waals surface area contributed by atoms with E-state index in [-0.39, 0.29) is 17.2 Å². The van der Waals surface area contributed by atoms with Gasteiger partial charge < -0.3 is 15.4 Å². The fraction of sp³-hybridized carbons (Fsp3) is 0.167. The molecule has 0 spiro atoms. The molecule has 0 amide bonds. The van der Waals surface area contributed by atoms with Crippen molar-refractivity contribution in [2.24, 2.45) is 0 Å². The lowest BCUT2D eigenvalue weighted by Gasteiger charge is -2.07. The van der Waals surface area contributed by atoms with Crippen molar-refractivity contribution >= 4 is 17.4 Å². The highest BCUT2D eigenvalue weighted by molar-refractivity contribution is 6.32. The number of aliphatic hydroxyl groups excluding tert-OH is 1. The summed E-state index contributed by atoms with van der Waals surface area (Å²) >= 11 is 5.81. The van der Waals surface area contributed by atoms with Gasteiger partial charge in [-0.3, -0.25) is 4.79 Å². The maximum Gasteiger partial charge on any atom is 0.271 e. The molecule has 1 aromatic heterocycles. The standard InChI is InChI=1S/C12H12ClN3O2/c13-10-11(15-7-16-12(10)18)14-5-8-1-3-9(6-17)4-2-8/h1-4,7,17H,5-6H2,(H2,14,15,16,18). The molecule has 2 rings (SSSR count).